The first kappa shape index (κ1) is 21.5. The molecule has 5 heteroatoms. The van der Waals surface area contributed by atoms with Gasteiger partial charge in [0.15, 0.2) is 11.5 Å². The van der Waals surface area contributed by atoms with Crippen LogP contribution in [0, 0.1) is 5.92 Å². The van der Waals surface area contributed by atoms with Crippen molar-refractivity contribution in [3.63, 3.8) is 0 Å². The number of aliphatic hydroxyl groups excluding tert-OH is 1. The van der Waals surface area contributed by atoms with E-state index in [1.807, 2.05) is 18.2 Å². The maximum atomic E-state index is 11.5. The van der Waals surface area contributed by atoms with Crippen molar-refractivity contribution in [2.24, 2.45) is 5.92 Å². The molecule has 0 radical (unpaired) electrons. The Bertz CT molecular complexity index is 983. The highest BCUT2D eigenvalue weighted by Crippen LogP contribution is 2.26. The van der Waals surface area contributed by atoms with Gasteiger partial charge >= 0.3 is 5.97 Å². The van der Waals surface area contributed by atoms with Gasteiger partial charge in [0.1, 0.15) is 0 Å². The van der Waals surface area contributed by atoms with Gasteiger partial charge in [-0.2, -0.15) is 0 Å². The third-order valence-electron chi connectivity index (χ3n) is 5.17. The highest BCUT2D eigenvalue weighted by atomic mass is 16.6. The number of carbonyl (C=O) groups excluding carboxylic acids is 1. The van der Waals surface area contributed by atoms with Gasteiger partial charge in [-0.15, -0.1) is 0 Å². The molecule has 2 aromatic heterocycles. The van der Waals surface area contributed by atoms with E-state index in [9.17, 15) is 9.90 Å². The normalized spacial score (nSPS) is 17.4. The molecule has 3 rings (SSSR count). The highest BCUT2D eigenvalue weighted by Gasteiger charge is 2.26. The van der Waals surface area contributed by atoms with E-state index in [2.05, 4.69) is 26.0 Å². The van der Waals surface area contributed by atoms with Crippen molar-refractivity contribution < 1.29 is 23.5 Å². The van der Waals surface area contributed by atoms with Crippen LogP contribution in [-0.4, -0.2) is 11.1 Å². The first-order chi connectivity index (χ1) is 14.4. The molecule has 1 unspecified atom stereocenters. The van der Waals surface area contributed by atoms with E-state index in [-0.39, 0.29) is 23.0 Å². The summed E-state index contributed by atoms with van der Waals surface area (Å²) in [4.78, 5) is 11.5. The van der Waals surface area contributed by atoms with E-state index in [0.29, 0.717) is 0 Å². The molecule has 5 nitrogen and oxygen atoms in total. The average Bonchev–Trinajstić information content (AvgIpc) is 3.43. The Morgan fingerprint density at radius 3 is 2.77 bits per heavy atom. The maximum Gasteiger partial charge on any atom is 0.343 e. The molecule has 158 valence electrons. The molecule has 1 atom stereocenters. The predicted octanol–water partition coefficient (Wildman–Crippen LogP) is 6.50. The number of rotatable bonds is 9. The fraction of sp³-hybridized carbons (Fsp3) is 0.320. The second kappa shape index (κ2) is 10.0. The fourth-order valence-corrected chi connectivity index (χ4v) is 3.30. The zero-order valence-electron chi connectivity index (χ0n) is 17.7. The molecule has 1 aliphatic rings. The Morgan fingerprint density at radius 1 is 1.23 bits per heavy atom. The van der Waals surface area contributed by atoms with E-state index in [1.54, 1.807) is 32.0 Å². The molecule has 1 aliphatic heterocycles. The lowest BCUT2D eigenvalue weighted by Gasteiger charge is -2.08. The lowest BCUT2D eigenvalue weighted by molar-refractivity contribution is -0.133. The maximum absolute atomic E-state index is 11.5. The standard InChI is InChI=1S/C25H28O5/c1-17(6-4-8-18(2)12-23-24(26)19(3)25(27)30-23)7-5-9-21-15-29-16-22(21)13-20-10-11-28-14-20/h5,7,9-12,14-16,18,26H,4,6,8,13H2,1-3H3. The third-order valence-corrected chi connectivity index (χ3v) is 5.17. The Kier molecular flexibility index (Phi) is 7.17. The van der Waals surface area contributed by atoms with Gasteiger partial charge in [0.05, 0.1) is 30.6 Å². The molecule has 0 aliphatic carbocycles. The topological polar surface area (TPSA) is 72.8 Å². The summed E-state index contributed by atoms with van der Waals surface area (Å²) in [6.07, 6.45) is 18.7. The molecule has 0 bridgehead atoms. The molecular weight excluding hydrogens is 380 g/mol. The van der Waals surface area contributed by atoms with Crippen molar-refractivity contribution in [3.05, 3.63) is 88.7 Å². The van der Waals surface area contributed by atoms with Crippen molar-refractivity contribution in [1.82, 2.24) is 0 Å². The molecule has 0 amide bonds. The Morgan fingerprint density at radius 2 is 2.07 bits per heavy atom. The Labute approximate surface area is 177 Å². The van der Waals surface area contributed by atoms with Gasteiger partial charge in [-0.3, -0.25) is 0 Å². The number of allylic oxidation sites excluding steroid dienone is 4. The van der Waals surface area contributed by atoms with Crippen LogP contribution < -0.4 is 0 Å². The molecule has 0 fully saturated rings. The van der Waals surface area contributed by atoms with E-state index < -0.39 is 5.97 Å². The molecule has 2 aromatic rings. The van der Waals surface area contributed by atoms with Gasteiger partial charge in [0.2, 0.25) is 0 Å². The average molecular weight is 408 g/mol. The first-order valence-electron chi connectivity index (χ1n) is 10.2. The number of aliphatic hydroxyl groups is 1. The fourth-order valence-electron chi connectivity index (χ4n) is 3.30. The summed E-state index contributed by atoms with van der Waals surface area (Å²) in [6.45, 7) is 5.74. The van der Waals surface area contributed by atoms with E-state index >= 15 is 0 Å². The van der Waals surface area contributed by atoms with Gasteiger partial charge in [-0.05, 0) is 56.7 Å². The molecule has 1 N–H and O–H groups in total. The van der Waals surface area contributed by atoms with Crippen molar-refractivity contribution >= 4 is 12.0 Å². The lowest BCUT2D eigenvalue weighted by atomic mass is 10.00. The van der Waals surface area contributed by atoms with E-state index in [1.165, 1.54) is 5.57 Å². The molecule has 0 saturated heterocycles. The number of furan rings is 2. The number of carbonyl (C=O) groups is 1. The minimum absolute atomic E-state index is 0.0422. The number of cyclic esters (lactones) is 1. The number of esters is 1. The van der Waals surface area contributed by atoms with E-state index in [4.69, 9.17) is 13.6 Å². The van der Waals surface area contributed by atoms with Crippen LogP contribution in [0.25, 0.3) is 6.08 Å². The second-order valence-electron chi connectivity index (χ2n) is 7.80. The summed E-state index contributed by atoms with van der Waals surface area (Å²) in [6, 6.07) is 1.96. The molecular formula is C25H28O5. The summed E-state index contributed by atoms with van der Waals surface area (Å²) < 4.78 is 15.6. The van der Waals surface area contributed by atoms with Gasteiger partial charge < -0.3 is 18.7 Å². The zero-order chi connectivity index (χ0) is 21.5. The van der Waals surface area contributed by atoms with Crippen LogP contribution in [0.2, 0.25) is 0 Å². The minimum Gasteiger partial charge on any atom is -0.504 e. The monoisotopic (exact) mass is 408 g/mol. The lowest BCUT2D eigenvalue weighted by Crippen LogP contribution is -1.97. The summed E-state index contributed by atoms with van der Waals surface area (Å²) in [5.74, 6) is -0.0198. The molecule has 0 saturated carbocycles. The SMILES string of the molecule is CC(=CC=Cc1cocc1Cc1ccoc1)CCCC(C)C=C1OC(=O)C(C)=C1O. The number of hydrogen-bond donors (Lipinski definition) is 1. The number of hydrogen-bond acceptors (Lipinski definition) is 5. The van der Waals surface area contributed by atoms with Gasteiger partial charge in [-0.25, -0.2) is 4.79 Å². The smallest absolute Gasteiger partial charge is 0.343 e. The summed E-state index contributed by atoms with van der Waals surface area (Å²) in [5.41, 5.74) is 4.87. The van der Waals surface area contributed by atoms with Crippen LogP contribution in [0.5, 0.6) is 0 Å². The summed E-state index contributed by atoms with van der Waals surface area (Å²) >= 11 is 0. The van der Waals surface area contributed by atoms with Crippen LogP contribution in [0.4, 0.5) is 0 Å². The summed E-state index contributed by atoms with van der Waals surface area (Å²) in [5, 5.41) is 9.89. The zero-order valence-corrected chi connectivity index (χ0v) is 17.7. The molecule has 3 heterocycles. The minimum atomic E-state index is -0.470. The van der Waals surface area contributed by atoms with Crippen LogP contribution >= 0.6 is 0 Å². The van der Waals surface area contributed by atoms with Gasteiger partial charge in [0, 0.05) is 17.5 Å². The van der Waals surface area contributed by atoms with Crippen LogP contribution in [0.1, 0.15) is 56.7 Å². The van der Waals surface area contributed by atoms with Gasteiger partial charge in [0.25, 0.3) is 0 Å². The largest absolute Gasteiger partial charge is 0.504 e. The Balaban J connectivity index is 1.46. The van der Waals surface area contributed by atoms with Crippen LogP contribution in [0.15, 0.2) is 80.8 Å². The predicted molar refractivity (Wildman–Crippen MR) is 116 cm³/mol. The Hall–Kier alpha value is -3.21. The molecule has 0 spiro atoms. The quantitative estimate of drug-likeness (QED) is 0.379. The first-order valence-corrected chi connectivity index (χ1v) is 10.2. The highest BCUT2D eigenvalue weighted by molar-refractivity contribution is 5.93. The van der Waals surface area contributed by atoms with Crippen molar-refractivity contribution in [1.29, 1.82) is 0 Å². The molecule has 0 aromatic carbocycles. The van der Waals surface area contributed by atoms with Crippen molar-refractivity contribution in [2.75, 3.05) is 0 Å². The van der Waals surface area contributed by atoms with Crippen molar-refractivity contribution in [2.45, 2.75) is 46.5 Å². The van der Waals surface area contributed by atoms with Crippen LogP contribution in [0.3, 0.4) is 0 Å². The number of ether oxygens (including phenoxy) is 1. The van der Waals surface area contributed by atoms with E-state index in [0.717, 1.165) is 42.4 Å². The second-order valence-corrected chi connectivity index (χ2v) is 7.80. The summed E-state index contributed by atoms with van der Waals surface area (Å²) in [7, 11) is 0. The molecule has 30 heavy (non-hydrogen) atoms. The van der Waals surface area contributed by atoms with Crippen LogP contribution in [-0.2, 0) is 16.0 Å². The third kappa shape index (κ3) is 5.66. The van der Waals surface area contributed by atoms with Crippen molar-refractivity contribution in [3.8, 4) is 0 Å². The van der Waals surface area contributed by atoms with Gasteiger partial charge in [-0.1, -0.05) is 30.7 Å².